The highest BCUT2D eigenvalue weighted by Crippen LogP contribution is 2.34. The lowest BCUT2D eigenvalue weighted by molar-refractivity contribution is -0.153. The van der Waals surface area contributed by atoms with Gasteiger partial charge in [-0.25, -0.2) is 0 Å². The minimum atomic E-state index is 0.130. The molecular formula is C18H30N2O3. The lowest BCUT2D eigenvalue weighted by atomic mass is 9.84. The molecule has 3 atom stereocenters. The van der Waals surface area contributed by atoms with E-state index in [0.29, 0.717) is 24.8 Å². The van der Waals surface area contributed by atoms with E-state index in [1.54, 1.807) is 6.92 Å². The number of hydrogen-bond donors (Lipinski definition) is 0. The lowest BCUT2D eigenvalue weighted by Crippen LogP contribution is -2.66. The SMILES string of the molecule is CC(=O)N1C2CCCCC2N(C(=O)CC2CCOCC2)C[C@@H]1C. The van der Waals surface area contributed by atoms with E-state index in [0.717, 1.165) is 38.9 Å². The second-order valence-electron chi connectivity index (χ2n) is 7.50. The first-order chi connectivity index (χ1) is 11.1. The van der Waals surface area contributed by atoms with E-state index < -0.39 is 0 Å². The average molecular weight is 322 g/mol. The number of amides is 2. The first-order valence-corrected chi connectivity index (χ1v) is 9.24. The van der Waals surface area contributed by atoms with Gasteiger partial charge in [-0.05, 0) is 38.5 Å². The molecule has 3 fully saturated rings. The number of carbonyl (C=O) groups excluding carboxylic acids is 2. The summed E-state index contributed by atoms with van der Waals surface area (Å²) >= 11 is 0. The fraction of sp³-hybridized carbons (Fsp3) is 0.889. The molecule has 2 aliphatic heterocycles. The molecule has 0 aromatic heterocycles. The van der Waals surface area contributed by atoms with Crippen LogP contribution in [0.25, 0.3) is 0 Å². The Morgan fingerprint density at radius 2 is 1.70 bits per heavy atom. The van der Waals surface area contributed by atoms with Gasteiger partial charge in [-0.15, -0.1) is 0 Å². The lowest BCUT2D eigenvalue weighted by Gasteiger charge is -2.53. The second-order valence-corrected chi connectivity index (χ2v) is 7.50. The number of fused-ring (bicyclic) bond motifs is 1. The maximum absolute atomic E-state index is 12.9. The molecule has 0 N–H and O–H groups in total. The Bertz CT molecular complexity index is 448. The van der Waals surface area contributed by atoms with Crippen molar-refractivity contribution in [3.63, 3.8) is 0 Å². The fourth-order valence-corrected chi connectivity index (χ4v) is 4.76. The zero-order valence-electron chi connectivity index (χ0n) is 14.5. The summed E-state index contributed by atoms with van der Waals surface area (Å²) in [5.74, 6) is 0.925. The van der Waals surface area contributed by atoms with Crippen LogP contribution < -0.4 is 0 Å². The number of ether oxygens (including phenoxy) is 1. The van der Waals surface area contributed by atoms with Crippen molar-refractivity contribution in [1.29, 1.82) is 0 Å². The van der Waals surface area contributed by atoms with Gasteiger partial charge in [0, 0.05) is 39.1 Å². The molecule has 1 aliphatic carbocycles. The van der Waals surface area contributed by atoms with Crippen LogP contribution in [-0.2, 0) is 14.3 Å². The molecule has 1 saturated carbocycles. The van der Waals surface area contributed by atoms with E-state index in [4.69, 9.17) is 4.74 Å². The summed E-state index contributed by atoms with van der Waals surface area (Å²) in [5, 5.41) is 0. The van der Waals surface area contributed by atoms with Crippen LogP contribution in [0.2, 0.25) is 0 Å². The molecule has 3 aliphatic rings. The van der Waals surface area contributed by atoms with Gasteiger partial charge in [-0.2, -0.15) is 0 Å². The second kappa shape index (κ2) is 7.20. The monoisotopic (exact) mass is 322 g/mol. The van der Waals surface area contributed by atoms with Gasteiger partial charge < -0.3 is 14.5 Å². The third-order valence-corrected chi connectivity index (χ3v) is 5.88. The van der Waals surface area contributed by atoms with Gasteiger partial charge in [0.25, 0.3) is 0 Å². The van der Waals surface area contributed by atoms with Crippen molar-refractivity contribution in [2.75, 3.05) is 19.8 Å². The quantitative estimate of drug-likeness (QED) is 0.783. The molecule has 2 unspecified atom stereocenters. The number of nitrogens with zero attached hydrogens (tertiary/aromatic N) is 2. The first-order valence-electron chi connectivity index (χ1n) is 9.24. The van der Waals surface area contributed by atoms with Gasteiger partial charge in [0.1, 0.15) is 0 Å². The third-order valence-electron chi connectivity index (χ3n) is 5.88. The molecule has 0 aromatic rings. The van der Waals surface area contributed by atoms with Crippen molar-refractivity contribution >= 4 is 11.8 Å². The van der Waals surface area contributed by atoms with Gasteiger partial charge >= 0.3 is 0 Å². The summed E-state index contributed by atoms with van der Waals surface area (Å²) in [7, 11) is 0. The summed E-state index contributed by atoms with van der Waals surface area (Å²) in [6.45, 7) is 6.03. The van der Waals surface area contributed by atoms with Gasteiger partial charge in [-0.1, -0.05) is 12.8 Å². The van der Waals surface area contributed by atoms with Crippen molar-refractivity contribution < 1.29 is 14.3 Å². The van der Waals surface area contributed by atoms with E-state index in [1.165, 1.54) is 12.8 Å². The molecule has 130 valence electrons. The Labute approximate surface area is 139 Å². The summed E-state index contributed by atoms with van der Waals surface area (Å²) in [6, 6.07) is 0.588. The fourth-order valence-electron chi connectivity index (χ4n) is 4.76. The molecule has 0 aromatic carbocycles. The molecular weight excluding hydrogens is 292 g/mol. The molecule has 3 rings (SSSR count). The molecule has 0 spiro atoms. The average Bonchev–Trinajstić information content (AvgIpc) is 2.54. The van der Waals surface area contributed by atoms with Crippen LogP contribution >= 0.6 is 0 Å². The van der Waals surface area contributed by atoms with Crippen molar-refractivity contribution in [3.05, 3.63) is 0 Å². The van der Waals surface area contributed by atoms with Crippen molar-refractivity contribution in [2.45, 2.75) is 76.9 Å². The minimum absolute atomic E-state index is 0.130. The van der Waals surface area contributed by atoms with Gasteiger partial charge in [0.15, 0.2) is 0 Å². The largest absolute Gasteiger partial charge is 0.381 e. The predicted octanol–water partition coefficient (Wildman–Crippen LogP) is 2.19. The van der Waals surface area contributed by atoms with Crippen LogP contribution in [0.3, 0.4) is 0 Å². The maximum atomic E-state index is 12.9. The molecule has 0 radical (unpaired) electrons. The Morgan fingerprint density at radius 3 is 2.35 bits per heavy atom. The van der Waals surface area contributed by atoms with Crippen LogP contribution in [0.5, 0.6) is 0 Å². The van der Waals surface area contributed by atoms with E-state index >= 15 is 0 Å². The number of carbonyl (C=O) groups is 2. The molecule has 2 amide bonds. The van der Waals surface area contributed by atoms with Crippen molar-refractivity contribution in [2.24, 2.45) is 5.92 Å². The Balaban J connectivity index is 1.70. The smallest absolute Gasteiger partial charge is 0.223 e. The van der Waals surface area contributed by atoms with E-state index in [-0.39, 0.29) is 24.0 Å². The highest BCUT2D eigenvalue weighted by atomic mass is 16.5. The highest BCUT2D eigenvalue weighted by molar-refractivity contribution is 5.78. The van der Waals surface area contributed by atoms with Crippen LogP contribution in [0.4, 0.5) is 0 Å². The molecule has 5 nitrogen and oxygen atoms in total. The predicted molar refractivity (Wildman–Crippen MR) is 87.9 cm³/mol. The number of piperazine rings is 1. The van der Waals surface area contributed by atoms with Crippen molar-refractivity contribution in [1.82, 2.24) is 9.80 Å². The minimum Gasteiger partial charge on any atom is -0.381 e. The van der Waals surface area contributed by atoms with Gasteiger partial charge in [0.05, 0.1) is 12.1 Å². The summed E-state index contributed by atoms with van der Waals surface area (Å²) < 4.78 is 5.40. The summed E-state index contributed by atoms with van der Waals surface area (Å²) in [5.41, 5.74) is 0. The molecule has 2 saturated heterocycles. The third kappa shape index (κ3) is 3.54. The van der Waals surface area contributed by atoms with E-state index in [2.05, 4.69) is 11.8 Å². The van der Waals surface area contributed by atoms with Crippen LogP contribution in [0, 0.1) is 5.92 Å². The molecule has 2 heterocycles. The molecule has 23 heavy (non-hydrogen) atoms. The number of rotatable bonds is 2. The normalized spacial score (nSPS) is 32.5. The zero-order valence-corrected chi connectivity index (χ0v) is 14.5. The van der Waals surface area contributed by atoms with E-state index in [9.17, 15) is 9.59 Å². The molecule has 0 bridgehead atoms. The summed E-state index contributed by atoms with van der Waals surface area (Å²) in [6.07, 6.45) is 7.07. The summed E-state index contributed by atoms with van der Waals surface area (Å²) in [4.78, 5) is 29.1. The van der Waals surface area contributed by atoms with E-state index in [1.807, 2.05) is 4.90 Å². The highest BCUT2D eigenvalue weighted by Gasteiger charge is 2.44. The first kappa shape index (κ1) is 16.7. The number of hydrogen-bond acceptors (Lipinski definition) is 3. The Morgan fingerprint density at radius 1 is 1.04 bits per heavy atom. The van der Waals surface area contributed by atoms with Crippen LogP contribution in [0.1, 0.15) is 58.8 Å². The van der Waals surface area contributed by atoms with Crippen LogP contribution in [-0.4, -0.2) is 59.5 Å². The van der Waals surface area contributed by atoms with Crippen LogP contribution in [0.15, 0.2) is 0 Å². The topological polar surface area (TPSA) is 49.9 Å². The van der Waals surface area contributed by atoms with Gasteiger partial charge in [-0.3, -0.25) is 9.59 Å². The standard InChI is InChI=1S/C18H30N2O3/c1-13-12-19(18(22)11-15-7-9-23-10-8-15)16-5-3-4-6-17(16)20(13)14(2)21/h13,15-17H,3-12H2,1-2H3/t13-,16?,17?/m0/s1. The zero-order chi connectivity index (χ0) is 16.4. The van der Waals surface area contributed by atoms with Gasteiger partial charge in [0.2, 0.25) is 11.8 Å². The maximum Gasteiger partial charge on any atom is 0.223 e. The molecule has 5 heteroatoms. The Hall–Kier alpha value is -1.10. The Kier molecular flexibility index (Phi) is 5.24. The van der Waals surface area contributed by atoms with Crippen molar-refractivity contribution in [3.8, 4) is 0 Å².